The van der Waals surface area contributed by atoms with Gasteiger partial charge in [0.15, 0.2) is 0 Å². The second kappa shape index (κ2) is 8.57. The van der Waals surface area contributed by atoms with Crippen molar-refractivity contribution in [1.82, 2.24) is 4.90 Å². The van der Waals surface area contributed by atoms with Gasteiger partial charge in [0.25, 0.3) is 11.7 Å². The SMILES string of the molecule is CCCN1C(=O)C(=O)/C(=C(\O)c2ccc(Cl)c(OCC)c2)C1c1ccc(O)cc1. The minimum Gasteiger partial charge on any atom is -0.508 e. The number of ketones is 1. The number of nitrogens with zero attached hydrogens (tertiary/aromatic N) is 1. The first kappa shape index (κ1) is 20.7. The number of halogens is 1. The average molecular weight is 416 g/mol. The molecular weight excluding hydrogens is 394 g/mol. The molecule has 152 valence electrons. The van der Waals surface area contributed by atoms with Crippen LogP contribution in [0.3, 0.4) is 0 Å². The van der Waals surface area contributed by atoms with Gasteiger partial charge in [0.1, 0.15) is 17.3 Å². The van der Waals surface area contributed by atoms with Crippen molar-refractivity contribution in [3.05, 3.63) is 64.2 Å². The predicted molar refractivity (Wildman–Crippen MR) is 110 cm³/mol. The third kappa shape index (κ3) is 3.93. The summed E-state index contributed by atoms with van der Waals surface area (Å²) in [5.41, 5.74) is 0.950. The Labute approximate surface area is 174 Å². The monoisotopic (exact) mass is 415 g/mol. The highest BCUT2D eigenvalue weighted by molar-refractivity contribution is 6.46. The number of benzene rings is 2. The van der Waals surface area contributed by atoms with Crippen LogP contribution in [0.15, 0.2) is 48.0 Å². The summed E-state index contributed by atoms with van der Waals surface area (Å²) in [6, 6.07) is 10.2. The minimum absolute atomic E-state index is 0.00101. The van der Waals surface area contributed by atoms with Gasteiger partial charge in [-0.1, -0.05) is 30.7 Å². The third-order valence-electron chi connectivity index (χ3n) is 4.72. The van der Waals surface area contributed by atoms with Crippen LogP contribution < -0.4 is 4.74 Å². The van der Waals surface area contributed by atoms with E-state index in [2.05, 4.69) is 0 Å². The van der Waals surface area contributed by atoms with Gasteiger partial charge < -0.3 is 19.8 Å². The molecule has 2 N–H and O–H groups in total. The van der Waals surface area contributed by atoms with E-state index in [0.717, 1.165) is 0 Å². The molecule has 2 aromatic carbocycles. The number of aromatic hydroxyl groups is 1. The molecular formula is C22H22ClNO5. The van der Waals surface area contributed by atoms with Crippen molar-refractivity contribution in [2.45, 2.75) is 26.3 Å². The van der Waals surface area contributed by atoms with Crippen LogP contribution in [0.5, 0.6) is 11.5 Å². The van der Waals surface area contributed by atoms with Crippen LogP contribution in [-0.4, -0.2) is 40.0 Å². The Morgan fingerprint density at radius 3 is 2.45 bits per heavy atom. The summed E-state index contributed by atoms with van der Waals surface area (Å²) >= 11 is 6.12. The van der Waals surface area contributed by atoms with Gasteiger partial charge in [-0.2, -0.15) is 0 Å². The Balaban J connectivity index is 2.17. The molecule has 1 saturated heterocycles. The zero-order valence-electron chi connectivity index (χ0n) is 16.2. The van der Waals surface area contributed by atoms with E-state index >= 15 is 0 Å². The number of rotatable bonds is 6. The Hall–Kier alpha value is -2.99. The van der Waals surface area contributed by atoms with Crippen molar-refractivity contribution in [2.75, 3.05) is 13.2 Å². The number of aliphatic hydroxyl groups excluding tert-OH is 1. The topological polar surface area (TPSA) is 87.1 Å². The molecule has 1 atom stereocenters. The van der Waals surface area contributed by atoms with Crippen molar-refractivity contribution in [1.29, 1.82) is 0 Å². The number of likely N-dealkylation sites (tertiary alicyclic amines) is 1. The fraction of sp³-hybridized carbons (Fsp3) is 0.273. The first-order valence-corrected chi connectivity index (χ1v) is 9.76. The fourth-order valence-electron chi connectivity index (χ4n) is 3.43. The Morgan fingerprint density at radius 2 is 1.83 bits per heavy atom. The fourth-order valence-corrected chi connectivity index (χ4v) is 3.60. The summed E-state index contributed by atoms with van der Waals surface area (Å²) in [7, 11) is 0. The van der Waals surface area contributed by atoms with Crippen LogP contribution >= 0.6 is 11.6 Å². The second-order valence-electron chi connectivity index (χ2n) is 6.66. The molecule has 1 aliphatic heterocycles. The summed E-state index contributed by atoms with van der Waals surface area (Å²) in [6.07, 6.45) is 0.650. The van der Waals surface area contributed by atoms with Gasteiger partial charge in [-0.05, 0) is 49.2 Å². The van der Waals surface area contributed by atoms with Crippen LogP contribution in [0.1, 0.15) is 37.4 Å². The number of carbonyl (C=O) groups is 2. The lowest BCUT2D eigenvalue weighted by atomic mass is 9.95. The van der Waals surface area contributed by atoms with Crippen LogP contribution in [0.4, 0.5) is 0 Å². The van der Waals surface area contributed by atoms with Crippen LogP contribution in [-0.2, 0) is 9.59 Å². The molecule has 1 fully saturated rings. The number of phenolic OH excluding ortho intramolecular Hbond substituents is 1. The highest BCUT2D eigenvalue weighted by Gasteiger charge is 2.45. The number of Topliss-reactive ketones (excluding diaryl/α,β-unsaturated/α-hetero) is 1. The van der Waals surface area contributed by atoms with E-state index in [9.17, 15) is 19.8 Å². The summed E-state index contributed by atoms with van der Waals surface area (Å²) < 4.78 is 5.47. The van der Waals surface area contributed by atoms with Crippen LogP contribution in [0.25, 0.3) is 5.76 Å². The van der Waals surface area contributed by atoms with E-state index in [4.69, 9.17) is 16.3 Å². The Bertz CT molecular complexity index is 968. The molecule has 0 bridgehead atoms. The summed E-state index contributed by atoms with van der Waals surface area (Å²) in [5, 5.41) is 21.0. The molecule has 1 aliphatic rings. The number of ether oxygens (including phenoxy) is 1. The molecule has 6 nitrogen and oxygen atoms in total. The lowest BCUT2D eigenvalue weighted by Crippen LogP contribution is -2.30. The van der Waals surface area contributed by atoms with Gasteiger partial charge in [0.05, 0.1) is 23.2 Å². The minimum atomic E-state index is -0.748. The number of amides is 1. The molecule has 29 heavy (non-hydrogen) atoms. The van der Waals surface area contributed by atoms with Crippen molar-refractivity contribution in [3.63, 3.8) is 0 Å². The standard InChI is InChI=1S/C22H22ClNO5/c1-3-11-24-19(13-5-8-15(25)9-6-13)18(21(27)22(24)28)20(26)14-7-10-16(23)17(12-14)29-4-2/h5-10,12,19,25-26H,3-4,11H2,1-2H3/b20-18-. The smallest absolute Gasteiger partial charge is 0.295 e. The summed E-state index contributed by atoms with van der Waals surface area (Å²) in [4.78, 5) is 26.9. The summed E-state index contributed by atoms with van der Waals surface area (Å²) in [6.45, 7) is 4.46. The predicted octanol–water partition coefficient (Wildman–Crippen LogP) is 4.28. The Kier molecular flexibility index (Phi) is 6.13. The molecule has 0 saturated carbocycles. The largest absolute Gasteiger partial charge is 0.508 e. The number of hydrogen-bond donors (Lipinski definition) is 2. The average Bonchev–Trinajstić information content (AvgIpc) is 2.95. The van der Waals surface area contributed by atoms with E-state index < -0.39 is 17.7 Å². The molecule has 0 aromatic heterocycles. The third-order valence-corrected chi connectivity index (χ3v) is 5.03. The van der Waals surface area contributed by atoms with E-state index in [-0.39, 0.29) is 17.1 Å². The molecule has 7 heteroatoms. The number of phenols is 1. The first-order chi connectivity index (χ1) is 13.9. The normalized spacial score (nSPS) is 18.3. The molecule has 3 rings (SSSR count). The Morgan fingerprint density at radius 1 is 1.14 bits per heavy atom. The van der Waals surface area contributed by atoms with Gasteiger partial charge >= 0.3 is 0 Å². The lowest BCUT2D eigenvalue weighted by molar-refractivity contribution is -0.139. The van der Waals surface area contributed by atoms with E-state index in [1.54, 1.807) is 30.3 Å². The molecule has 0 radical (unpaired) electrons. The van der Waals surface area contributed by atoms with Gasteiger partial charge in [0, 0.05) is 12.1 Å². The first-order valence-electron chi connectivity index (χ1n) is 9.39. The van der Waals surface area contributed by atoms with E-state index in [1.807, 2.05) is 13.8 Å². The van der Waals surface area contributed by atoms with Crippen LogP contribution in [0.2, 0.25) is 5.02 Å². The van der Waals surface area contributed by atoms with Crippen LogP contribution in [0, 0.1) is 0 Å². The van der Waals surface area contributed by atoms with Gasteiger partial charge in [-0.3, -0.25) is 9.59 Å². The maximum absolute atomic E-state index is 12.8. The van der Waals surface area contributed by atoms with Gasteiger partial charge in [-0.15, -0.1) is 0 Å². The van der Waals surface area contributed by atoms with Crippen molar-refractivity contribution >= 4 is 29.1 Å². The van der Waals surface area contributed by atoms with E-state index in [0.29, 0.717) is 41.5 Å². The number of aliphatic hydroxyl groups is 1. The lowest BCUT2D eigenvalue weighted by Gasteiger charge is -2.25. The molecule has 1 heterocycles. The molecule has 1 unspecified atom stereocenters. The second-order valence-corrected chi connectivity index (χ2v) is 7.07. The van der Waals surface area contributed by atoms with Crippen molar-refractivity contribution in [2.24, 2.45) is 0 Å². The van der Waals surface area contributed by atoms with Gasteiger partial charge in [0.2, 0.25) is 0 Å². The highest BCUT2D eigenvalue weighted by Crippen LogP contribution is 2.40. The quantitative estimate of drug-likeness (QED) is 0.418. The van der Waals surface area contributed by atoms with Crippen molar-refractivity contribution in [3.8, 4) is 11.5 Å². The number of carbonyl (C=O) groups excluding carboxylic acids is 2. The maximum atomic E-state index is 12.8. The highest BCUT2D eigenvalue weighted by atomic mass is 35.5. The summed E-state index contributed by atoms with van der Waals surface area (Å²) in [5.74, 6) is -1.26. The van der Waals surface area contributed by atoms with Crippen molar-refractivity contribution < 1.29 is 24.5 Å². The molecule has 0 spiro atoms. The molecule has 0 aliphatic carbocycles. The number of hydrogen-bond acceptors (Lipinski definition) is 5. The maximum Gasteiger partial charge on any atom is 0.295 e. The van der Waals surface area contributed by atoms with Gasteiger partial charge in [-0.25, -0.2) is 0 Å². The molecule has 1 amide bonds. The molecule has 2 aromatic rings. The van der Waals surface area contributed by atoms with E-state index in [1.165, 1.54) is 17.0 Å². The zero-order chi connectivity index (χ0) is 21.1. The zero-order valence-corrected chi connectivity index (χ0v) is 16.9.